The maximum absolute atomic E-state index is 6.26. The first-order chi connectivity index (χ1) is 8.99. The van der Waals surface area contributed by atoms with Crippen molar-refractivity contribution in [3.8, 4) is 0 Å². The largest absolute Gasteiger partial charge is 0.326 e. The smallest absolute Gasteiger partial charge is 0.0702 e. The van der Waals surface area contributed by atoms with E-state index in [1.54, 1.807) is 11.3 Å². The van der Waals surface area contributed by atoms with Gasteiger partial charge in [-0.2, -0.15) is 0 Å². The molecule has 0 radical (unpaired) electrons. The summed E-state index contributed by atoms with van der Waals surface area (Å²) in [5.74, 6) is 0. The van der Waals surface area contributed by atoms with Gasteiger partial charge in [-0.25, -0.2) is 0 Å². The SMILES string of the molecule is CC(N)C(c1ccc(Br)s1)N(C)C1CCCN(C)C1. The van der Waals surface area contributed by atoms with E-state index in [1.165, 1.54) is 28.0 Å². The number of halogens is 1. The molecule has 1 aliphatic rings. The average Bonchev–Trinajstić information content (AvgIpc) is 2.75. The van der Waals surface area contributed by atoms with Crippen LogP contribution in [0.1, 0.15) is 30.7 Å². The van der Waals surface area contributed by atoms with Crippen LogP contribution in [0.3, 0.4) is 0 Å². The maximum Gasteiger partial charge on any atom is 0.0702 e. The number of nitrogens with zero attached hydrogens (tertiary/aromatic N) is 2. The Morgan fingerprint density at radius 1 is 1.53 bits per heavy atom. The third-order valence-electron chi connectivity index (χ3n) is 4.00. The molecule has 0 amide bonds. The molecule has 3 atom stereocenters. The molecule has 1 aromatic heterocycles. The zero-order valence-electron chi connectivity index (χ0n) is 12.0. The van der Waals surface area contributed by atoms with E-state index in [-0.39, 0.29) is 6.04 Å². The second kappa shape index (κ2) is 6.68. The Morgan fingerprint density at radius 2 is 2.26 bits per heavy atom. The minimum atomic E-state index is 0.141. The molecule has 19 heavy (non-hydrogen) atoms. The Labute approximate surface area is 128 Å². The van der Waals surface area contributed by atoms with Gasteiger partial charge in [0.25, 0.3) is 0 Å². The predicted octanol–water partition coefficient (Wildman–Crippen LogP) is 2.92. The second-order valence-electron chi connectivity index (χ2n) is 5.67. The first-order valence-electron chi connectivity index (χ1n) is 6.90. The summed E-state index contributed by atoms with van der Waals surface area (Å²) < 4.78 is 1.18. The van der Waals surface area contributed by atoms with E-state index in [9.17, 15) is 0 Å². The number of hydrogen-bond acceptors (Lipinski definition) is 4. The number of piperidine rings is 1. The monoisotopic (exact) mass is 345 g/mol. The quantitative estimate of drug-likeness (QED) is 0.910. The molecule has 108 valence electrons. The molecule has 2 rings (SSSR count). The Morgan fingerprint density at radius 3 is 2.79 bits per heavy atom. The molecule has 1 saturated heterocycles. The van der Waals surface area contributed by atoms with E-state index in [1.807, 2.05) is 0 Å². The van der Waals surface area contributed by atoms with Gasteiger partial charge in [-0.15, -0.1) is 11.3 Å². The van der Waals surface area contributed by atoms with Crippen molar-refractivity contribution in [3.63, 3.8) is 0 Å². The van der Waals surface area contributed by atoms with Gasteiger partial charge in [0.05, 0.1) is 9.83 Å². The van der Waals surface area contributed by atoms with Gasteiger partial charge < -0.3 is 10.6 Å². The highest BCUT2D eigenvalue weighted by molar-refractivity contribution is 9.11. The number of thiophene rings is 1. The molecule has 2 N–H and O–H groups in total. The van der Waals surface area contributed by atoms with Crippen molar-refractivity contribution in [1.82, 2.24) is 9.80 Å². The van der Waals surface area contributed by atoms with Gasteiger partial charge in [0, 0.05) is 23.5 Å². The fourth-order valence-electron chi connectivity index (χ4n) is 3.02. The molecule has 0 aromatic carbocycles. The predicted molar refractivity (Wildman–Crippen MR) is 86.7 cm³/mol. The highest BCUT2D eigenvalue weighted by atomic mass is 79.9. The van der Waals surface area contributed by atoms with Crippen LogP contribution >= 0.6 is 27.3 Å². The van der Waals surface area contributed by atoms with Gasteiger partial charge in [0.2, 0.25) is 0 Å². The highest BCUT2D eigenvalue weighted by Crippen LogP contribution is 2.33. The van der Waals surface area contributed by atoms with E-state index < -0.39 is 0 Å². The standard InChI is InChI=1S/C14H24BrN3S/c1-10(16)14(12-6-7-13(15)19-12)18(3)11-5-4-8-17(2)9-11/h6-7,10-11,14H,4-5,8-9,16H2,1-3H3. The minimum absolute atomic E-state index is 0.141. The van der Waals surface area contributed by atoms with Gasteiger partial charge in [0.15, 0.2) is 0 Å². The number of likely N-dealkylation sites (N-methyl/N-ethyl adjacent to an activating group) is 2. The molecule has 3 nitrogen and oxygen atoms in total. The molecule has 0 saturated carbocycles. The Balaban J connectivity index is 2.14. The summed E-state index contributed by atoms with van der Waals surface area (Å²) in [5.41, 5.74) is 6.26. The first-order valence-corrected chi connectivity index (χ1v) is 8.51. The van der Waals surface area contributed by atoms with Crippen LogP contribution in [-0.2, 0) is 0 Å². The summed E-state index contributed by atoms with van der Waals surface area (Å²) in [5, 5.41) is 0. The molecule has 0 aliphatic carbocycles. The molecule has 1 aromatic rings. The van der Waals surface area contributed by atoms with E-state index in [0.29, 0.717) is 12.1 Å². The van der Waals surface area contributed by atoms with Crippen molar-refractivity contribution >= 4 is 27.3 Å². The molecule has 1 fully saturated rings. The summed E-state index contributed by atoms with van der Waals surface area (Å²) in [7, 11) is 4.44. The Bertz CT molecular complexity index is 407. The highest BCUT2D eigenvalue weighted by Gasteiger charge is 2.30. The number of rotatable bonds is 4. The van der Waals surface area contributed by atoms with E-state index >= 15 is 0 Å². The molecular formula is C14H24BrN3S. The molecule has 1 aliphatic heterocycles. The van der Waals surface area contributed by atoms with Crippen molar-refractivity contribution in [2.24, 2.45) is 5.73 Å². The van der Waals surface area contributed by atoms with Gasteiger partial charge in [-0.1, -0.05) is 0 Å². The van der Waals surface area contributed by atoms with Crippen LogP contribution in [0, 0.1) is 0 Å². The van der Waals surface area contributed by atoms with Crippen LogP contribution in [0.5, 0.6) is 0 Å². The van der Waals surface area contributed by atoms with E-state index in [2.05, 4.69) is 58.9 Å². The van der Waals surface area contributed by atoms with Crippen LogP contribution in [0.15, 0.2) is 15.9 Å². The number of hydrogen-bond donors (Lipinski definition) is 1. The van der Waals surface area contributed by atoms with Crippen molar-refractivity contribution in [3.05, 3.63) is 20.8 Å². The van der Waals surface area contributed by atoms with Crippen LogP contribution in [-0.4, -0.2) is 49.1 Å². The van der Waals surface area contributed by atoms with Crippen LogP contribution in [0.2, 0.25) is 0 Å². The summed E-state index contributed by atoms with van der Waals surface area (Å²) >= 11 is 5.35. The van der Waals surface area contributed by atoms with E-state index in [4.69, 9.17) is 5.73 Å². The van der Waals surface area contributed by atoms with Gasteiger partial charge >= 0.3 is 0 Å². The van der Waals surface area contributed by atoms with Crippen molar-refractivity contribution in [2.45, 2.75) is 37.9 Å². The molecule has 5 heteroatoms. The van der Waals surface area contributed by atoms with Gasteiger partial charge in [-0.3, -0.25) is 4.90 Å². The summed E-state index contributed by atoms with van der Waals surface area (Å²) in [6, 6.07) is 5.38. The van der Waals surface area contributed by atoms with E-state index in [0.717, 1.165) is 6.54 Å². The Hall–Kier alpha value is 0.0600. The van der Waals surface area contributed by atoms with Crippen LogP contribution in [0.4, 0.5) is 0 Å². The Kier molecular flexibility index (Phi) is 5.43. The third-order valence-corrected chi connectivity index (χ3v) is 5.69. The van der Waals surface area contributed by atoms with Crippen molar-refractivity contribution in [1.29, 1.82) is 0 Å². The fourth-order valence-corrected chi connectivity index (χ4v) is 4.71. The third kappa shape index (κ3) is 3.79. The number of nitrogens with two attached hydrogens (primary N) is 1. The van der Waals surface area contributed by atoms with Crippen molar-refractivity contribution in [2.75, 3.05) is 27.2 Å². The summed E-state index contributed by atoms with van der Waals surface area (Å²) in [4.78, 5) is 6.27. The van der Waals surface area contributed by atoms with Crippen LogP contribution < -0.4 is 5.73 Å². The lowest BCUT2D eigenvalue weighted by atomic mass is 10.00. The normalized spacial score (nSPS) is 24.6. The summed E-state index contributed by atoms with van der Waals surface area (Å²) in [6.45, 7) is 4.48. The van der Waals surface area contributed by atoms with Crippen LogP contribution in [0.25, 0.3) is 0 Å². The summed E-state index contributed by atoms with van der Waals surface area (Å²) in [6.07, 6.45) is 2.56. The zero-order valence-corrected chi connectivity index (χ0v) is 14.4. The first kappa shape index (κ1) is 15.4. The molecular weight excluding hydrogens is 322 g/mol. The molecule has 3 unspecified atom stereocenters. The zero-order chi connectivity index (χ0) is 14.0. The topological polar surface area (TPSA) is 32.5 Å². The van der Waals surface area contributed by atoms with Gasteiger partial charge in [-0.05, 0) is 68.5 Å². The lowest BCUT2D eigenvalue weighted by Gasteiger charge is -2.41. The van der Waals surface area contributed by atoms with Gasteiger partial charge in [0.1, 0.15) is 0 Å². The second-order valence-corrected chi connectivity index (χ2v) is 8.16. The lowest BCUT2D eigenvalue weighted by molar-refractivity contribution is 0.0907. The molecule has 0 bridgehead atoms. The molecule has 2 heterocycles. The molecule has 0 spiro atoms. The lowest BCUT2D eigenvalue weighted by Crippen LogP contribution is -2.49. The van der Waals surface area contributed by atoms with Crippen molar-refractivity contribution < 1.29 is 0 Å². The fraction of sp³-hybridized carbons (Fsp3) is 0.714. The number of likely N-dealkylation sites (tertiary alicyclic amines) is 1. The maximum atomic E-state index is 6.26. The average molecular weight is 346 g/mol. The minimum Gasteiger partial charge on any atom is -0.326 e.